The van der Waals surface area contributed by atoms with Crippen LogP contribution in [0.2, 0.25) is 0 Å². The Morgan fingerprint density at radius 2 is 1.60 bits per heavy atom. The zero-order valence-electron chi connectivity index (χ0n) is 16.9. The van der Waals surface area contributed by atoms with Crippen molar-refractivity contribution in [3.05, 3.63) is 70.8 Å². The Labute approximate surface area is 175 Å². The van der Waals surface area contributed by atoms with Gasteiger partial charge in [-0.3, -0.25) is 14.5 Å². The van der Waals surface area contributed by atoms with E-state index in [-0.39, 0.29) is 24.4 Å². The molecule has 5 nitrogen and oxygen atoms in total. The van der Waals surface area contributed by atoms with Gasteiger partial charge in [-0.25, -0.2) is 8.78 Å². The van der Waals surface area contributed by atoms with Crippen LogP contribution < -0.4 is 10.6 Å². The molecule has 0 unspecified atom stereocenters. The molecule has 0 saturated carbocycles. The Hall–Kier alpha value is -2.80. The zero-order valence-corrected chi connectivity index (χ0v) is 16.9. The first kappa shape index (κ1) is 21.9. The fraction of sp³-hybridized carbons (Fsp3) is 0.391. The van der Waals surface area contributed by atoms with E-state index in [0.717, 1.165) is 37.3 Å². The molecule has 0 aliphatic carbocycles. The van der Waals surface area contributed by atoms with Gasteiger partial charge in [-0.15, -0.1) is 0 Å². The van der Waals surface area contributed by atoms with E-state index in [2.05, 4.69) is 27.7 Å². The number of hydrogen-bond acceptors (Lipinski definition) is 3. The highest BCUT2D eigenvalue weighted by Crippen LogP contribution is 2.14. The van der Waals surface area contributed by atoms with Gasteiger partial charge in [0, 0.05) is 32.1 Å². The highest BCUT2D eigenvalue weighted by molar-refractivity contribution is 5.94. The predicted octanol–water partition coefficient (Wildman–Crippen LogP) is 3.39. The fourth-order valence-corrected chi connectivity index (χ4v) is 3.49. The smallest absolute Gasteiger partial charge is 0.254 e. The summed E-state index contributed by atoms with van der Waals surface area (Å²) < 4.78 is 26.5. The molecule has 0 bridgehead atoms. The maximum Gasteiger partial charge on any atom is 0.254 e. The van der Waals surface area contributed by atoms with Crippen molar-refractivity contribution in [2.24, 2.45) is 0 Å². The van der Waals surface area contributed by atoms with E-state index in [1.165, 1.54) is 24.8 Å². The van der Waals surface area contributed by atoms with Crippen molar-refractivity contribution in [2.75, 3.05) is 19.6 Å². The van der Waals surface area contributed by atoms with E-state index in [0.29, 0.717) is 12.6 Å². The number of likely N-dealkylation sites (tertiary alicyclic amines) is 1. The largest absolute Gasteiger partial charge is 0.352 e. The lowest BCUT2D eigenvalue weighted by atomic mass is 10.1. The van der Waals surface area contributed by atoms with Gasteiger partial charge in [-0.1, -0.05) is 30.7 Å². The maximum absolute atomic E-state index is 13.6. The first-order valence-corrected chi connectivity index (χ1v) is 10.3. The summed E-state index contributed by atoms with van der Waals surface area (Å²) in [7, 11) is 0. The number of carbonyl (C=O) groups is 2. The second-order valence-corrected chi connectivity index (χ2v) is 7.56. The highest BCUT2D eigenvalue weighted by Gasteiger charge is 2.13. The third kappa shape index (κ3) is 6.62. The Bertz CT molecular complexity index is 865. The maximum atomic E-state index is 13.6. The molecular formula is C23H27F2N3O2. The van der Waals surface area contributed by atoms with Crippen LogP contribution in [0.5, 0.6) is 0 Å². The zero-order chi connectivity index (χ0) is 21.3. The number of nitrogens with one attached hydrogen (secondary N) is 2. The molecule has 2 aromatic rings. The van der Waals surface area contributed by atoms with Crippen LogP contribution in [0.25, 0.3) is 0 Å². The Balaban J connectivity index is 1.36. The van der Waals surface area contributed by atoms with Crippen LogP contribution in [0.1, 0.15) is 47.2 Å². The summed E-state index contributed by atoms with van der Waals surface area (Å²) in [6.45, 7) is 3.74. The van der Waals surface area contributed by atoms with Crippen molar-refractivity contribution in [3.8, 4) is 0 Å². The van der Waals surface area contributed by atoms with Crippen molar-refractivity contribution >= 4 is 11.8 Å². The fourth-order valence-electron chi connectivity index (χ4n) is 3.49. The van der Waals surface area contributed by atoms with Gasteiger partial charge in [0.25, 0.3) is 5.91 Å². The molecule has 7 heteroatoms. The summed E-state index contributed by atoms with van der Waals surface area (Å²) in [5.41, 5.74) is 2.02. The molecule has 1 aliphatic heterocycles. The highest BCUT2D eigenvalue weighted by atomic mass is 19.1. The van der Waals surface area contributed by atoms with Crippen LogP contribution >= 0.6 is 0 Å². The third-order valence-corrected chi connectivity index (χ3v) is 5.18. The number of amides is 2. The quantitative estimate of drug-likeness (QED) is 0.695. The van der Waals surface area contributed by atoms with Gasteiger partial charge in [0.05, 0.1) is 5.56 Å². The van der Waals surface area contributed by atoms with E-state index in [1.807, 2.05) is 12.1 Å². The van der Waals surface area contributed by atoms with Gasteiger partial charge >= 0.3 is 0 Å². The molecule has 30 heavy (non-hydrogen) atoms. The van der Waals surface area contributed by atoms with Crippen LogP contribution in [-0.2, 0) is 17.9 Å². The number of carbonyl (C=O) groups excluding carboxylic acids is 2. The number of benzene rings is 2. The molecule has 1 heterocycles. The summed E-state index contributed by atoms with van der Waals surface area (Å²) in [5, 5.41) is 5.28. The molecule has 0 radical (unpaired) electrons. The molecule has 0 aromatic heterocycles. The summed E-state index contributed by atoms with van der Waals surface area (Å²) in [5.74, 6) is -2.57. The predicted molar refractivity (Wildman–Crippen MR) is 111 cm³/mol. The average molecular weight is 415 g/mol. The van der Waals surface area contributed by atoms with Gasteiger partial charge in [0.15, 0.2) is 0 Å². The van der Waals surface area contributed by atoms with Gasteiger partial charge in [-0.2, -0.15) is 0 Å². The van der Waals surface area contributed by atoms with Gasteiger partial charge in [-0.05, 0) is 49.2 Å². The van der Waals surface area contributed by atoms with Crippen LogP contribution in [0.3, 0.4) is 0 Å². The SMILES string of the molecule is O=C(CCNC(=O)c1ccc(F)cc1F)NCc1ccc(CN2CCCCC2)cc1. The lowest BCUT2D eigenvalue weighted by Crippen LogP contribution is -2.31. The summed E-state index contributed by atoms with van der Waals surface area (Å²) in [6.07, 6.45) is 3.93. The Morgan fingerprint density at radius 1 is 0.900 bits per heavy atom. The molecular weight excluding hydrogens is 388 g/mol. The number of hydrogen-bond donors (Lipinski definition) is 2. The minimum absolute atomic E-state index is 0.0657. The van der Waals surface area contributed by atoms with E-state index in [9.17, 15) is 18.4 Å². The average Bonchev–Trinajstić information content (AvgIpc) is 2.74. The molecule has 0 spiro atoms. The van der Waals surface area contributed by atoms with E-state index in [1.54, 1.807) is 0 Å². The molecule has 2 aromatic carbocycles. The second kappa shape index (κ2) is 10.8. The molecule has 2 amide bonds. The standard InChI is InChI=1S/C23H27F2N3O2/c24-19-8-9-20(21(25)14-19)23(30)26-11-10-22(29)27-15-17-4-6-18(7-5-17)16-28-12-2-1-3-13-28/h4-9,14H,1-3,10-13,15-16H2,(H,26,30)(H,27,29). The van der Waals surface area contributed by atoms with Gasteiger partial charge < -0.3 is 10.6 Å². The number of nitrogens with zero attached hydrogens (tertiary/aromatic N) is 1. The van der Waals surface area contributed by atoms with Gasteiger partial charge in [0.1, 0.15) is 11.6 Å². The van der Waals surface area contributed by atoms with Crippen LogP contribution in [0.15, 0.2) is 42.5 Å². The Morgan fingerprint density at radius 3 is 2.30 bits per heavy atom. The molecule has 1 saturated heterocycles. The van der Waals surface area contributed by atoms with Crippen molar-refractivity contribution in [2.45, 2.75) is 38.8 Å². The lowest BCUT2D eigenvalue weighted by Gasteiger charge is -2.26. The molecule has 0 atom stereocenters. The summed E-state index contributed by atoms with van der Waals surface area (Å²) >= 11 is 0. The molecule has 1 aliphatic rings. The number of halogens is 2. The Kier molecular flexibility index (Phi) is 7.90. The first-order chi connectivity index (χ1) is 14.5. The van der Waals surface area contributed by atoms with E-state index < -0.39 is 17.5 Å². The molecule has 3 rings (SSSR count). The summed E-state index contributed by atoms with van der Waals surface area (Å²) in [4.78, 5) is 26.4. The lowest BCUT2D eigenvalue weighted by molar-refractivity contribution is -0.121. The minimum atomic E-state index is -0.930. The van der Waals surface area contributed by atoms with Gasteiger partial charge in [0.2, 0.25) is 5.91 Å². The number of rotatable bonds is 8. The van der Waals surface area contributed by atoms with Crippen molar-refractivity contribution in [1.29, 1.82) is 0 Å². The van der Waals surface area contributed by atoms with Crippen LogP contribution in [-0.4, -0.2) is 36.3 Å². The molecule has 160 valence electrons. The number of piperidine rings is 1. The van der Waals surface area contributed by atoms with E-state index in [4.69, 9.17) is 0 Å². The molecule has 1 fully saturated rings. The van der Waals surface area contributed by atoms with Crippen molar-refractivity contribution in [3.63, 3.8) is 0 Å². The van der Waals surface area contributed by atoms with Crippen molar-refractivity contribution < 1.29 is 18.4 Å². The molecule has 2 N–H and O–H groups in total. The van der Waals surface area contributed by atoms with Crippen LogP contribution in [0.4, 0.5) is 8.78 Å². The summed E-state index contributed by atoms with van der Waals surface area (Å²) in [6, 6.07) is 11.0. The van der Waals surface area contributed by atoms with Crippen LogP contribution in [0, 0.1) is 11.6 Å². The minimum Gasteiger partial charge on any atom is -0.352 e. The first-order valence-electron chi connectivity index (χ1n) is 10.3. The second-order valence-electron chi connectivity index (χ2n) is 7.56. The normalized spacial score (nSPS) is 14.3. The monoisotopic (exact) mass is 415 g/mol. The van der Waals surface area contributed by atoms with Crippen molar-refractivity contribution in [1.82, 2.24) is 15.5 Å². The third-order valence-electron chi connectivity index (χ3n) is 5.18. The topological polar surface area (TPSA) is 61.4 Å². The van der Waals surface area contributed by atoms with E-state index >= 15 is 0 Å².